The quantitative estimate of drug-likeness (QED) is 0.777. The molecule has 2 heterocycles. The van der Waals surface area contributed by atoms with Gasteiger partial charge in [0.25, 0.3) is 0 Å². The molecule has 6 nitrogen and oxygen atoms in total. The van der Waals surface area contributed by atoms with E-state index in [2.05, 4.69) is 15.6 Å². The van der Waals surface area contributed by atoms with Crippen LogP contribution in [0.3, 0.4) is 0 Å². The van der Waals surface area contributed by atoms with Crippen molar-refractivity contribution in [2.75, 3.05) is 33.4 Å². The van der Waals surface area contributed by atoms with E-state index in [0.717, 1.165) is 42.8 Å². The number of ether oxygens (including phenoxy) is 1. The van der Waals surface area contributed by atoms with Gasteiger partial charge in [0.2, 0.25) is 5.91 Å². The molecule has 0 saturated carbocycles. The first-order valence-corrected chi connectivity index (χ1v) is 8.52. The second kappa shape index (κ2) is 10.1. The van der Waals surface area contributed by atoms with Gasteiger partial charge >= 0.3 is 0 Å². The summed E-state index contributed by atoms with van der Waals surface area (Å²) in [5.41, 5.74) is 1.97. The Bertz CT molecular complexity index is 709. The van der Waals surface area contributed by atoms with Crippen LogP contribution in [-0.2, 0) is 16.1 Å². The monoisotopic (exact) mass is 402 g/mol. The number of benzene rings is 1. The van der Waals surface area contributed by atoms with Crippen molar-refractivity contribution in [3.05, 3.63) is 30.1 Å². The summed E-state index contributed by atoms with van der Waals surface area (Å²) >= 11 is 0. The molecule has 0 unspecified atom stereocenters. The highest BCUT2D eigenvalue weighted by Gasteiger charge is 2.32. The lowest BCUT2D eigenvalue weighted by atomic mass is 9.79. The van der Waals surface area contributed by atoms with Crippen molar-refractivity contribution < 1.29 is 9.53 Å². The number of imidazole rings is 1. The van der Waals surface area contributed by atoms with Crippen molar-refractivity contribution in [3.63, 3.8) is 0 Å². The summed E-state index contributed by atoms with van der Waals surface area (Å²) in [6, 6.07) is 7.91. The van der Waals surface area contributed by atoms with Crippen molar-refractivity contribution in [1.29, 1.82) is 0 Å². The Kier molecular flexibility index (Phi) is 8.83. The van der Waals surface area contributed by atoms with Crippen LogP contribution in [0.15, 0.2) is 24.3 Å². The number of piperidine rings is 1. The molecular formula is C18H28Cl2N4O2. The van der Waals surface area contributed by atoms with E-state index in [1.165, 1.54) is 0 Å². The molecule has 1 saturated heterocycles. The SMILES string of the molecule is COCC1(CNC(=O)Cn2c(C)nc3ccccc32)CCNCC1.Cl.Cl. The molecule has 1 aliphatic rings. The van der Waals surface area contributed by atoms with Gasteiger partial charge in [-0.3, -0.25) is 4.79 Å². The summed E-state index contributed by atoms with van der Waals surface area (Å²) in [7, 11) is 1.73. The number of aromatic nitrogens is 2. The normalized spacial score (nSPS) is 15.8. The van der Waals surface area contributed by atoms with Crippen molar-refractivity contribution in [2.24, 2.45) is 5.41 Å². The van der Waals surface area contributed by atoms with Crippen LogP contribution in [-0.4, -0.2) is 48.8 Å². The molecule has 0 bridgehead atoms. The Labute approximate surface area is 166 Å². The van der Waals surface area contributed by atoms with Crippen LogP contribution in [0.5, 0.6) is 0 Å². The number of methoxy groups -OCH3 is 1. The molecule has 2 N–H and O–H groups in total. The molecule has 3 rings (SSSR count). The number of nitrogens with one attached hydrogen (secondary N) is 2. The third-order valence-electron chi connectivity index (χ3n) is 4.92. The lowest BCUT2D eigenvalue weighted by Crippen LogP contribution is -2.47. The van der Waals surface area contributed by atoms with E-state index in [1.807, 2.05) is 35.8 Å². The van der Waals surface area contributed by atoms with Gasteiger partial charge in [0.1, 0.15) is 12.4 Å². The fourth-order valence-electron chi connectivity index (χ4n) is 3.52. The first-order valence-electron chi connectivity index (χ1n) is 8.52. The van der Waals surface area contributed by atoms with E-state index in [-0.39, 0.29) is 36.1 Å². The summed E-state index contributed by atoms with van der Waals surface area (Å²) in [5.74, 6) is 0.884. The number of para-hydroxylation sites is 2. The summed E-state index contributed by atoms with van der Waals surface area (Å²) in [6.07, 6.45) is 2.04. The van der Waals surface area contributed by atoms with E-state index >= 15 is 0 Å². The van der Waals surface area contributed by atoms with Crippen molar-refractivity contribution >= 4 is 41.8 Å². The Balaban J connectivity index is 0.00000169. The molecule has 8 heteroatoms. The number of hydrogen-bond donors (Lipinski definition) is 2. The first kappa shape index (κ1) is 22.7. The standard InChI is InChI=1S/C18H26N4O2.2ClH/c1-14-21-15-5-3-4-6-16(15)22(14)11-17(23)20-12-18(13-24-2)7-9-19-10-8-18;;/h3-6,19H,7-13H2,1-2H3,(H,20,23);2*1H. The maximum absolute atomic E-state index is 12.5. The molecule has 0 atom stereocenters. The number of nitrogens with zero attached hydrogens (tertiary/aromatic N) is 2. The molecule has 1 fully saturated rings. The molecule has 1 aromatic heterocycles. The third-order valence-corrected chi connectivity index (χ3v) is 4.92. The number of carbonyl (C=O) groups is 1. The van der Waals surface area contributed by atoms with Gasteiger partial charge in [0.05, 0.1) is 17.6 Å². The number of hydrogen-bond acceptors (Lipinski definition) is 4. The summed E-state index contributed by atoms with van der Waals surface area (Å²) < 4.78 is 7.37. The minimum Gasteiger partial charge on any atom is -0.384 e. The van der Waals surface area contributed by atoms with Gasteiger partial charge in [-0.05, 0) is 45.0 Å². The van der Waals surface area contributed by atoms with Gasteiger partial charge < -0.3 is 19.9 Å². The highest BCUT2D eigenvalue weighted by Crippen LogP contribution is 2.28. The van der Waals surface area contributed by atoms with Gasteiger partial charge in [-0.1, -0.05) is 12.1 Å². The smallest absolute Gasteiger partial charge is 0.240 e. The summed E-state index contributed by atoms with van der Waals surface area (Å²) in [5, 5.41) is 6.48. The first-order chi connectivity index (χ1) is 11.6. The average Bonchev–Trinajstić information content (AvgIpc) is 2.90. The van der Waals surface area contributed by atoms with Gasteiger partial charge in [-0.2, -0.15) is 0 Å². The number of halogens is 2. The van der Waals surface area contributed by atoms with E-state index in [9.17, 15) is 4.79 Å². The second-order valence-corrected chi connectivity index (χ2v) is 6.69. The Morgan fingerprint density at radius 3 is 2.69 bits per heavy atom. The molecule has 0 aliphatic carbocycles. The third kappa shape index (κ3) is 5.10. The van der Waals surface area contributed by atoms with Crippen LogP contribution in [0.1, 0.15) is 18.7 Å². The molecule has 1 aromatic carbocycles. The predicted molar refractivity (Wildman–Crippen MR) is 108 cm³/mol. The Morgan fingerprint density at radius 2 is 2.00 bits per heavy atom. The van der Waals surface area contributed by atoms with Gasteiger partial charge in [0.15, 0.2) is 0 Å². The van der Waals surface area contributed by atoms with Crippen molar-refractivity contribution in [1.82, 2.24) is 20.2 Å². The van der Waals surface area contributed by atoms with E-state index in [4.69, 9.17) is 4.74 Å². The van der Waals surface area contributed by atoms with E-state index in [0.29, 0.717) is 19.7 Å². The van der Waals surface area contributed by atoms with Crippen molar-refractivity contribution in [2.45, 2.75) is 26.3 Å². The zero-order valence-electron chi connectivity index (χ0n) is 15.3. The zero-order chi connectivity index (χ0) is 17.0. The maximum Gasteiger partial charge on any atom is 0.240 e. The molecule has 1 amide bonds. The van der Waals surface area contributed by atoms with Gasteiger partial charge in [-0.15, -0.1) is 24.8 Å². The highest BCUT2D eigenvalue weighted by molar-refractivity contribution is 5.85. The molecule has 2 aromatic rings. The highest BCUT2D eigenvalue weighted by atomic mass is 35.5. The van der Waals surface area contributed by atoms with Gasteiger partial charge in [0, 0.05) is 19.1 Å². The average molecular weight is 403 g/mol. The number of fused-ring (bicyclic) bond motifs is 1. The van der Waals surface area contributed by atoms with E-state index in [1.54, 1.807) is 7.11 Å². The minimum atomic E-state index is 0. The molecule has 1 aliphatic heterocycles. The topological polar surface area (TPSA) is 68.2 Å². The van der Waals surface area contributed by atoms with Crippen LogP contribution in [0.25, 0.3) is 11.0 Å². The van der Waals surface area contributed by atoms with Crippen LogP contribution < -0.4 is 10.6 Å². The molecular weight excluding hydrogens is 375 g/mol. The van der Waals surface area contributed by atoms with Crippen LogP contribution in [0.4, 0.5) is 0 Å². The maximum atomic E-state index is 12.5. The Morgan fingerprint density at radius 1 is 1.31 bits per heavy atom. The lowest BCUT2D eigenvalue weighted by molar-refractivity contribution is -0.122. The summed E-state index contributed by atoms with van der Waals surface area (Å²) in [4.78, 5) is 17.0. The second-order valence-electron chi connectivity index (χ2n) is 6.69. The van der Waals surface area contributed by atoms with Crippen LogP contribution >= 0.6 is 24.8 Å². The zero-order valence-corrected chi connectivity index (χ0v) is 16.9. The van der Waals surface area contributed by atoms with Crippen LogP contribution in [0.2, 0.25) is 0 Å². The summed E-state index contributed by atoms with van der Waals surface area (Å²) in [6.45, 7) is 5.53. The predicted octanol–water partition coefficient (Wildman–Crippen LogP) is 2.32. The van der Waals surface area contributed by atoms with Crippen LogP contribution in [0, 0.1) is 12.3 Å². The molecule has 26 heavy (non-hydrogen) atoms. The lowest BCUT2D eigenvalue weighted by Gasteiger charge is -2.37. The number of amides is 1. The molecule has 0 spiro atoms. The fraction of sp³-hybridized carbons (Fsp3) is 0.556. The van der Waals surface area contributed by atoms with Crippen molar-refractivity contribution in [3.8, 4) is 0 Å². The fourth-order valence-corrected chi connectivity index (χ4v) is 3.52. The Hall–Kier alpha value is -1.34. The number of carbonyl (C=O) groups excluding carboxylic acids is 1. The number of rotatable bonds is 6. The molecule has 0 radical (unpaired) electrons. The number of aryl methyl sites for hydroxylation is 1. The van der Waals surface area contributed by atoms with E-state index < -0.39 is 0 Å². The molecule has 146 valence electrons. The minimum absolute atomic E-state index is 0. The van der Waals surface area contributed by atoms with Gasteiger partial charge in [-0.25, -0.2) is 4.98 Å². The largest absolute Gasteiger partial charge is 0.384 e.